The van der Waals surface area contributed by atoms with Gasteiger partial charge in [0, 0.05) is 53.7 Å². The number of rotatable bonds is 5. The van der Waals surface area contributed by atoms with E-state index in [0.717, 1.165) is 55.7 Å². The first-order chi connectivity index (χ1) is 16.4. The molecule has 2 aromatic carbocycles. The zero-order valence-corrected chi connectivity index (χ0v) is 21.5. The van der Waals surface area contributed by atoms with E-state index in [1.165, 1.54) is 0 Å². The van der Waals surface area contributed by atoms with Crippen LogP contribution in [0.4, 0.5) is 11.4 Å². The Morgan fingerprint density at radius 2 is 1.71 bits per heavy atom. The van der Waals surface area contributed by atoms with Gasteiger partial charge in [-0.15, -0.1) is 0 Å². The Labute approximate surface area is 216 Å². The van der Waals surface area contributed by atoms with Gasteiger partial charge in [-0.2, -0.15) is 5.26 Å². The third-order valence-corrected chi connectivity index (χ3v) is 7.84. The number of benzene rings is 2. The van der Waals surface area contributed by atoms with Crippen LogP contribution in [0.5, 0.6) is 0 Å². The molecule has 1 N–H and O–H groups in total. The van der Waals surface area contributed by atoms with E-state index in [4.69, 9.17) is 40.1 Å². The van der Waals surface area contributed by atoms with Gasteiger partial charge in [0.1, 0.15) is 0 Å². The molecule has 0 saturated carbocycles. The number of nitriles is 1. The Morgan fingerprint density at radius 1 is 1.00 bits per heavy atom. The fraction of sp³-hybridized carbons (Fsp3) is 0.462. The number of nitrogens with one attached hydrogen (secondary N) is 1. The van der Waals surface area contributed by atoms with Crippen LogP contribution in [0.3, 0.4) is 0 Å². The van der Waals surface area contributed by atoms with Crippen LogP contribution in [-0.4, -0.2) is 37.0 Å². The number of piperidine rings is 2. The first-order valence-corrected chi connectivity index (χ1v) is 12.9. The first kappa shape index (κ1) is 25.0. The van der Waals surface area contributed by atoms with Crippen LogP contribution in [0.15, 0.2) is 36.4 Å². The molecule has 0 bridgehead atoms. The summed E-state index contributed by atoms with van der Waals surface area (Å²) < 4.78 is 0. The zero-order chi connectivity index (χ0) is 24.2. The number of likely N-dealkylation sites (tertiary alicyclic amines) is 1. The van der Waals surface area contributed by atoms with E-state index in [1.54, 1.807) is 6.07 Å². The van der Waals surface area contributed by atoms with Gasteiger partial charge in [-0.1, -0.05) is 40.9 Å². The van der Waals surface area contributed by atoms with Gasteiger partial charge in [0.05, 0.1) is 22.8 Å². The molecule has 5 nitrogen and oxygen atoms in total. The smallest absolute Gasteiger partial charge is 0.225 e. The van der Waals surface area contributed by atoms with Crippen LogP contribution in [-0.2, 0) is 4.79 Å². The predicted octanol–water partition coefficient (Wildman–Crippen LogP) is 6.80. The molecule has 0 aromatic heterocycles. The van der Waals surface area contributed by atoms with Crippen LogP contribution >= 0.6 is 34.8 Å². The van der Waals surface area contributed by atoms with Gasteiger partial charge in [-0.3, -0.25) is 4.79 Å². The van der Waals surface area contributed by atoms with E-state index in [-0.39, 0.29) is 23.8 Å². The summed E-state index contributed by atoms with van der Waals surface area (Å²) in [5, 5.41) is 14.4. The number of amides is 1. The van der Waals surface area contributed by atoms with E-state index >= 15 is 0 Å². The van der Waals surface area contributed by atoms with E-state index in [2.05, 4.69) is 22.4 Å². The average molecular weight is 520 g/mol. The molecule has 34 heavy (non-hydrogen) atoms. The van der Waals surface area contributed by atoms with Crippen molar-refractivity contribution in [2.45, 2.75) is 38.6 Å². The molecule has 8 heteroatoms. The number of halogens is 3. The molecule has 2 aromatic rings. The molecular weight excluding hydrogens is 491 g/mol. The number of anilines is 2. The van der Waals surface area contributed by atoms with Crippen molar-refractivity contribution in [1.82, 2.24) is 4.90 Å². The van der Waals surface area contributed by atoms with E-state index in [9.17, 15) is 4.79 Å². The second-order valence-corrected chi connectivity index (χ2v) is 10.4. The molecule has 1 unspecified atom stereocenters. The van der Waals surface area contributed by atoms with Gasteiger partial charge < -0.3 is 15.1 Å². The highest BCUT2D eigenvalue weighted by Gasteiger charge is 2.31. The Balaban J connectivity index is 1.37. The summed E-state index contributed by atoms with van der Waals surface area (Å²) in [5.74, 6) is 0.409. The lowest BCUT2D eigenvalue weighted by Gasteiger charge is -2.37. The van der Waals surface area contributed by atoms with Crippen LogP contribution in [0, 0.1) is 23.2 Å². The third-order valence-electron chi connectivity index (χ3n) is 6.95. The van der Waals surface area contributed by atoms with Gasteiger partial charge in [0.15, 0.2) is 0 Å². The Kier molecular flexibility index (Phi) is 8.14. The van der Waals surface area contributed by atoms with Crippen LogP contribution in [0.1, 0.15) is 44.2 Å². The summed E-state index contributed by atoms with van der Waals surface area (Å²) in [6, 6.07) is 13.8. The minimum Gasteiger partial charge on any atom is -0.377 e. The van der Waals surface area contributed by atoms with E-state index < -0.39 is 0 Å². The lowest BCUT2D eigenvalue weighted by molar-refractivity contribution is -0.137. The van der Waals surface area contributed by atoms with Crippen LogP contribution in [0.2, 0.25) is 15.1 Å². The Bertz CT molecular complexity index is 1070. The maximum absolute atomic E-state index is 13.0. The van der Waals surface area contributed by atoms with Crippen molar-refractivity contribution >= 4 is 52.1 Å². The number of hydrogen-bond donors (Lipinski definition) is 1. The topological polar surface area (TPSA) is 59.4 Å². The molecule has 0 spiro atoms. The minimum atomic E-state index is -0.0500. The SMILES string of the molecule is CC(Nc1cc(N2CCC(C(=O)N3CCC(C#N)CC3)CC2)ccc1Cl)c1ccc(Cl)cc1Cl. The largest absolute Gasteiger partial charge is 0.377 e. The number of hydrogen-bond acceptors (Lipinski definition) is 4. The second-order valence-electron chi connectivity index (χ2n) is 9.19. The maximum Gasteiger partial charge on any atom is 0.225 e. The van der Waals surface area contributed by atoms with Crippen molar-refractivity contribution in [2.75, 3.05) is 36.4 Å². The molecule has 1 amide bonds. The summed E-state index contributed by atoms with van der Waals surface area (Å²) in [7, 11) is 0. The van der Waals surface area contributed by atoms with E-state index in [1.807, 2.05) is 36.1 Å². The van der Waals surface area contributed by atoms with Crippen LogP contribution < -0.4 is 10.2 Å². The quantitative estimate of drug-likeness (QED) is 0.472. The minimum absolute atomic E-state index is 0.0500. The van der Waals surface area contributed by atoms with Crippen molar-refractivity contribution in [3.8, 4) is 6.07 Å². The molecule has 0 aliphatic carbocycles. The Hall–Kier alpha value is -2.13. The summed E-state index contributed by atoms with van der Waals surface area (Å²) in [6.45, 7) is 5.10. The lowest BCUT2D eigenvalue weighted by Crippen LogP contribution is -2.45. The highest BCUT2D eigenvalue weighted by atomic mass is 35.5. The van der Waals surface area contributed by atoms with Gasteiger partial charge in [0.2, 0.25) is 5.91 Å². The standard InChI is InChI=1S/C26H29Cl3N4O/c1-17(22-4-2-20(27)14-24(22)29)31-25-15-21(3-5-23(25)28)32-12-8-19(9-13-32)26(34)33-10-6-18(16-30)7-11-33/h2-5,14-15,17-19,31H,6-13H2,1H3. The highest BCUT2D eigenvalue weighted by molar-refractivity contribution is 6.35. The average Bonchev–Trinajstić information content (AvgIpc) is 2.85. The summed E-state index contributed by atoms with van der Waals surface area (Å²) in [5.41, 5.74) is 2.88. The monoisotopic (exact) mass is 518 g/mol. The molecule has 180 valence electrons. The maximum atomic E-state index is 13.0. The van der Waals surface area contributed by atoms with Gasteiger partial charge >= 0.3 is 0 Å². The summed E-state index contributed by atoms with van der Waals surface area (Å²) in [6.07, 6.45) is 3.25. The van der Waals surface area contributed by atoms with Crippen molar-refractivity contribution in [3.63, 3.8) is 0 Å². The number of nitrogens with zero attached hydrogens (tertiary/aromatic N) is 3. The molecule has 1 atom stereocenters. The van der Waals surface area contributed by atoms with Crippen molar-refractivity contribution < 1.29 is 4.79 Å². The second kappa shape index (κ2) is 11.1. The number of carbonyl (C=O) groups excluding carboxylic acids is 1. The molecular formula is C26H29Cl3N4O. The van der Waals surface area contributed by atoms with E-state index in [0.29, 0.717) is 28.2 Å². The Morgan fingerprint density at radius 3 is 2.35 bits per heavy atom. The fourth-order valence-corrected chi connectivity index (χ4v) is 5.60. The highest BCUT2D eigenvalue weighted by Crippen LogP contribution is 2.34. The zero-order valence-electron chi connectivity index (χ0n) is 19.2. The van der Waals surface area contributed by atoms with Gasteiger partial charge in [-0.25, -0.2) is 0 Å². The first-order valence-electron chi connectivity index (χ1n) is 11.8. The summed E-state index contributed by atoms with van der Waals surface area (Å²) >= 11 is 18.9. The van der Waals surface area contributed by atoms with Gasteiger partial charge in [0.25, 0.3) is 0 Å². The molecule has 2 aliphatic heterocycles. The normalized spacial score (nSPS) is 18.4. The fourth-order valence-electron chi connectivity index (χ4n) is 4.86. The van der Waals surface area contributed by atoms with Crippen molar-refractivity contribution in [3.05, 3.63) is 57.0 Å². The summed E-state index contributed by atoms with van der Waals surface area (Å²) in [4.78, 5) is 17.2. The molecule has 4 rings (SSSR count). The molecule has 2 saturated heterocycles. The van der Waals surface area contributed by atoms with Crippen LogP contribution in [0.25, 0.3) is 0 Å². The number of carbonyl (C=O) groups is 1. The predicted molar refractivity (Wildman–Crippen MR) is 140 cm³/mol. The molecule has 0 radical (unpaired) electrons. The van der Waals surface area contributed by atoms with Gasteiger partial charge in [-0.05, 0) is 68.5 Å². The van der Waals surface area contributed by atoms with Crippen molar-refractivity contribution in [2.24, 2.45) is 11.8 Å². The molecule has 2 aliphatic rings. The molecule has 2 heterocycles. The third kappa shape index (κ3) is 5.74. The molecule has 2 fully saturated rings. The van der Waals surface area contributed by atoms with Crippen molar-refractivity contribution in [1.29, 1.82) is 5.26 Å². The lowest BCUT2D eigenvalue weighted by atomic mass is 9.92.